The Morgan fingerprint density at radius 2 is 1.86 bits per heavy atom. The number of esters is 1. The molecule has 3 aromatic rings. The summed E-state index contributed by atoms with van der Waals surface area (Å²) < 4.78 is 20.5. The molecule has 7 nitrogen and oxygen atoms in total. The van der Waals surface area contributed by atoms with Gasteiger partial charge in [0.25, 0.3) is 5.91 Å². The first-order valence-electron chi connectivity index (χ1n) is 11.7. The van der Waals surface area contributed by atoms with Crippen molar-refractivity contribution in [1.82, 2.24) is 9.55 Å². The third kappa shape index (κ3) is 6.99. The zero-order chi connectivity index (χ0) is 25.5. The number of aliphatic hydroxyl groups excluding tert-OH is 1. The second-order valence-corrected chi connectivity index (χ2v) is 9.00. The van der Waals surface area contributed by atoms with Crippen molar-refractivity contribution in [2.75, 3.05) is 0 Å². The molecule has 2 heterocycles. The van der Waals surface area contributed by atoms with Gasteiger partial charge in [-0.25, -0.2) is 9.37 Å². The van der Waals surface area contributed by atoms with Gasteiger partial charge in [0.05, 0.1) is 18.2 Å². The van der Waals surface area contributed by atoms with E-state index in [0.717, 1.165) is 0 Å². The standard InChI is InChI=1S/C20H24FN3O4.C7H8/c1-11(2)18-17(19(22)27)23-20(12-3-5-13(21)6-4-12)24(18)8-7-15-9-14(25)10-16(26)28-15;1-7-5-3-2-4-6-7/h3-6,11,14-15,25H,7-10H2,1-2H3,(H2,22,27);2-6H,1H3/t14?,15-;/m1./s1. The van der Waals surface area contributed by atoms with Crippen LogP contribution < -0.4 is 5.73 Å². The Bertz CT molecular complexity index is 1140. The van der Waals surface area contributed by atoms with Crippen LogP contribution in [0.4, 0.5) is 4.39 Å². The normalized spacial score (nSPS) is 17.5. The first-order valence-corrected chi connectivity index (χ1v) is 11.7. The number of amides is 1. The summed E-state index contributed by atoms with van der Waals surface area (Å²) in [6.07, 6.45) is -0.309. The second-order valence-electron chi connectivity index (χ2n) is 9.00. The number of rotatable bonds is 6. The number of nitrogens with two attached hydrogens (primary N) is 1. The average Bonchev–Trinajstić information content (AvgIpc) is 3.19. The van der Waals surface area contributed by atoms with Gasteiger partial charge in [0.15, 0.2) is 0 Å². The topological polar surface area (TPSA) is 107 Å². The lowest BCUT2D eigenvalue weighted by atomic mass is 10.0. The molecule has 1 saturated heterocycles. The van der Waals surface area contributed by atoms with Gasteiger partial charge in [0.2, 0.25) is 0 Å². The predicted octanol–water partition coefficient (Wildman–Crippen LogP) is 4.36. The van der Waals surface area contributed by atoms with Gasteiger partial charge in [-0.2, -0.15) is 0 Å². The molecule has 0 aliphatic carbocycles. The molecule has 186 valence electrons. The molecule has 0 bridgehead atoms. The SMILES string of the molecule is CC(C)c1c(C(N)=O)nc(-c2ccc(F)cc2)n1CC[C@@H]1CC(O)CC(=O)O1.Cc1ccccc1. The monoisotopic (exact) mass is 481 g/mol. The van der Waals surface area contributed by atoms with E-state index in [-0.39, 0.29) is 23.8 Å². The van der Waals surface area contributed by atoms with Crippen LogP contribution in [0.1, 0.15) is 60.8 Å². The van der Waals surface area contributed by atoms with E-state index in [2.05, 4.69) is 24.0 Å². The number of aryl methyl sites for hydroxylation is 1. The van der Waals surface area contributed by atoms with Gasteiger partial charge in [-0.3, -0.25) is 9.59 Å². The number of carbonyl (C=O) groups is 2. The number of nitrogens with zero attached hydrogens (tertiary/aromatic N) is 2. The minimum atomic E-state index is -0.712. The molecule has 1 aliphatic heterocycles. The van der Waals surface area contributed by atoms with E-state index in [4.69, 9.17) is 10.5 Å². The van der Waals surface area contributed by atoms with Crippen LogP contribution in [0.15, 0.2) is 54.6 Å². The number of aromatic nitrogens is 2. The maximum Gasteiger partial charge on any atom is 0.308 e. The fourth-order valence-electron chi connectivity index (χ4n) is 4.12. The highest BCUT2D eigenvalue weighted by molar-refractivity contribution is 5.93. The quantitative estimate of drug-likeness (QED) is 0.509. The Kier molecular flexibility index (Phi) is 8.76. The van der Waals surface area contributed by atoms with Crippen molar-refractivity contribution in [3.8, 4) is 11.4 Å². The van der Waals surface area contributed by atoms with Crippen LogP contribution in [0, 0.1) is 12.7 Å². The minimum absolute atomic E-state index is 0.00543. The van der Waals surface area contributed by atoms with Gasteiger partial charge in [-0.1, -0.05) is 49.7 Å². The fraction of sp³-hybridized carbons (Fsp3) is 0.370. The molecule has 1 unspecified atom stereocenters. The Morgan fingerprint density at radius 1 is 1.20 bits per heavy atom. The summed E-state index contributed by atoms with van der Waals surface area (Å²) in [5, 5.41) is 9.81. The minimum Gasteiger partial charge on any atom is -0.462 e. The number of imidazole rings is 1. The van der Waals surface area contributed by atoms with Crippen LogP contribution in [0.25, 0.3) is 11.4 Å². The van der Waals surface area contributed by atoms with Gasteiger partial charge >= 0.3 is 5.97 Å². The fourth-order valence-corrected chi connectivity index (χ4v) is 4.12. The molecule has 0 radical (unpaired) electrons. The van der Waals surface area contributed by atoms with E-state index < -0.39 is 24.1 Å². The van der Waals surface area contributed by atoms with Gasteiger partial charge in [0, 0.05) is 24.9 Å². The lowest BCUT2D eigenvalue weighted by Crippen LogP contribution is -2.33. The molecule has 1 fully saturated rings. The molecular weight excluding hydrogens is 449 g/mol. The Hall–Kier alpha value is -3.52. The third-order valence-electron chi connectivity index (χ3n) is 5.74. The summed E-state index contributed by atoms with van der Waals surface area (Å²) in [6.45, 7) is 6.35. The molecule has 0 saturated carbocycles. The smallest absolute Gasteiger partial charge is 0.308 e. The molecule has 4 rings (SSSR count). The highest BCUT2D eigenvalue weighted by Crippen LogP contribution is 2.29. The number of hydrogen-bond donors (Lipinski definition) is 2. The molecule has 2 atom stereocenters. The molecule has 1 aliphatic rings. The summed E-state index contributed by atoms with van der Waals surface area (Å²) in [4.78, 5) is 28.0. The summed E-state index contributed by atoms with van der Waals surface area (Å²) in [7, 11) is 0. The van der Waals surface area contributed by atoms with Crippen molar-refractivity contribution in [2.45, 2.75) is 64.7 Å². The zero-order valence-electron chi connectivity index (χ0n) is 20.3. The van der Waals surface area contributed by atoms with Crippen LogP contribution in [0.5, 0.6) is 0 Å². The average molecular weight is 482 g/mol. The number of ether oxygens (including phenoxy) is 1. The maximum absolute atomic E-state index is 13.3. The summed E-state index contributed by atoms with van der Waals surface area (Å²) in [6, 6.07) is 16.1. The molecule has 0 spiro atoms. The molecule has 3 N–H and O–H groups in total. The van der Waals surface area contributed by atoms with Crippen molar-refractivity contribution in [3.05, 3.63) is 77.4 Å². The molecule has 35 heavy (non-hydrogen) atoms. The maximum atomic E-state index is 13.3. The summed E-state index contributed by atoms with van der Waals surface area (Å²) in [5.41, 5.74) is 8.36. The molecule has 2 aromatic carbocycles. The number of carbonyl (C=O) groups excluding carboxylic acids is 2. The van der Waals surface area contributed by atoms with Crippen molar-refractivity contribution in [2.24, 2.45) is 5.73 Å². The van der Waals surface area contributed by atoms with E-state index in [0.29, 0.717) is 36.5 Å². The van der Waals surface area contributed by atoms with Gasteiger partial charge in [-0.05, 0) is 37.1 Å². The van der Waals surface area contributed by atoms with E-state index in [9.17, 15) is 19.1 Å². The number of primary amides is 1. The largest absolute Gasteiger partial charge is 0.462 e. The summed E-state index contributed by atoms with van der Waals surface area (Å²) >= 11 is 0. The second kappa shape index (κ2) is 11.8. The Morgan fingerprint density at radius 3 is 2.37 bits per heavy atom. The van der Waals surface area contributed by atoms with Crippen LogP contribution in [-0.2, 0) is 16.1 Å². The Balaban J connectivity index is 0.000000420. The van der Waals surface area contributed by atoms with Crippen molar-refractivity contribution < 1.29 is 23.8 Å². The van der Waals surface area contributed by atoms with E-state index in [1.807, 2.05) is 36.6 Å². The zero-order valence-corrected chi connectivity index (χ0v) is 20.3. The van der Waals surface area contributed by atoms with Gasteiger partial charge in [0.1, 0.15) is 23.4 Å². The van der Waals surface area contributed by atoms with Crippen molar-refractivity contribution in [1.29, 1.82) is 0 Å². The lowest BCUT2D eigenvalue weighted by molar-refractivity contribution is -0.160. The van der Waals surface area contributed by atoms with E-state index in [1.54, 1.807) is 12.1 Å². The third-order valence-corrected chi connectivity index (χ3v) is 5.74. The van der Waals surface area contributed by atoms with Crippen LogP contribution >= 0.6 is 0 Å². The number of benzene rings is 2. The first-order chi connectivity index (χ1) is 16.7. The van der Waals surface area contributed by atoms with Crippen LogP contribution in [0.2, 0.25) is 0 Å². The molecular formula is C27H32FN3O4. The first kappa shape index (κ1) is 26.1. The lowest BCUT2D eigenvalue weighted by Gasteiger charge is -2.26. The van der Waals surface area contributed by atoms with Crippen LogP contribution in [-0.4, -0.2) is 38.7 Å². The van der Waals surface area contributed by atoms with Gasteiger partial charge in [-0.15, -0.1) is 0 Å². The van der Waals surface area contributed by atoms with Crippen molar-refractivity contribution in [3.63, 3.8) is 0 Å². The van der Waals surface area contributed by atoms with Crippen molar-refractivity contribution >= 4 is 11.9 Å². The number of hydrogen-bond acceptors (Lipinski definition) is 5. The Labute approximate surface area is 204 Å². The molecule has 1 amide bonds. The van der Waals surface area contributed by atoms with Gasteiger partial charge < -0.3 is 20.1 Å². The van der Waals surface area contributed by atoms with Crippen LogP contribution in [0.3, 0.4) is 0 Å². The van der Waals surface area contributed by atoms with E-state index >= 15 is 0 Å². The predicted molar refractivity (Wildman–Crippen MR) is 131 cm³/mol. The number of cyclic esters (lactones) is 1. The number of halogens is 1. The highest BCUT2D eigenvalue weighted by Gasteiger charge is 2.29. The number of aliphatic hydroxyl groups is 1. The van der Waals surface area contributed by atoms with E-state index in [1.165, 1.54) is 17.7 Å². The molecule has 8 heteroatoms. The molecule has 1 aromatic heterocycles. The highest BCUT2D eigenvalue weighted by atomic mass is 19.1. The summed E-state index contributed by atoms with van der Waals surface area (Å²) in [5.74, 6) is -0.964.